The molecule has 2 atom stereocenters. The van der Waals surface area contributed by atoms with Crippen molar-refractivity contribution in [3.05, 3.63) is 0 Å². The lowest BCUT2D eigenvalue weighted by Crippen LogP contribution is -2.40. The lowest BCUT2D eigenvalue weighted by molar-refractivity contribution is -0.0386. The van der Waals surface area contributed by atoms with Gasteiger partial charge in [-0.25, -0.2) is 0 Å². The molecular weight excluding hydrogens is 190 g/mol. The molecule has 2 unspecified atom stereocenters. The highest BCUT2D eigenvalue weighted by Crippen LogP contribution is 2.25. The van der Waals surface area contributed by atoms with Gasteiger partial charge in [0.15, 0.2) is 0 Å². The minimum Gasteiger partial charge on any atom is -0.378 e. The Morgan fingerprint density at radius 3 is 2.85 bits per heavy atom. The summed E-state index contributed by atoms with van der Waals surface area (Å²) in [5.41, 5.74) is -0.116. The number of halogens is 1. The molecule has 2 rings (SSSR count). The quantitative estimate of drug-likeness (QED) is 0.741. The summed E-state index contributed by atoms with van der Waals surface area (Å²) in [5, 5.41) is 3.36. The van der Waals surface area contributed by atoms with Gasteiger partial charge >= 0.3 is 0 Å². The maximum absolute atomic E-state index is 5.61. The number of nitrogens with one attached hydrogen (secondary N) is 1. The fraction of sp³-hybridized carbons (Fsp3) is 1.00. The third-order valence-corrected chi connectivity index (χ3v) is 2.66. The molecule has 0 aliphatic carbocycles. The van der Waals surface area contributed by atoms with E-state index in [0.717, 1.165) is 26.2 Å². The average molecular weight is 208 g/mol. The van der Waals surface area contributed by atoms with Crippen LogP contribution in [0.15, 0.2) is 0 Å². The van der Waals surface area contributed by atoms with Crippen LogP contribution in [0.3, 0.4) is 0 Å². The molecule has 0 spiro atoms. The Kier molecular flexibility index (Phi) is 3.98. The van der Waals surface area contributed by atoms with Gasteiger partial charge in [0, 0.05) is 19.6 Å². The largest absolute Gasteiger partial charge is 0.378 e. The Hall–Kier alpha value is 0.170. The first-order valence-electron chi connectivity index (χ1n) is 4.79. The van der Waals surface area contributed by atoms with Crippen molar-refractivity contribution in [1.82, 2.24) is 5.32 Å². The number of hydrogen-bond acceptors (Lipinski definition) is 3. The Morgan fingerprint density at radius 2 is 2.31 bits per heavy atom. The van der Waals surface area contributed by atoms with Gasteiger partial charge in [-0.05, 0) is 19.8 Å². The Morgan fingerprint density at radius 1 is 1.46 bits per heavy atom. The van der Waals surface area contributed by atoms with Gasteiger partial charge in [0.2, 0.25) is 0 Å². The summed E-state index contributed by atoms with van der Waals surface area (Å²) in [6.45, 7) is 4.86. The van der Waals surface area contributed by atoms with Crippen LogP contribution in [0, 0.1) is 0 Å². The second-order valence-electron chi connectivity index (χ2n) is 3.85. The van der Waals surface area contributed by atoms with Gasteiger partial charge in [0.1, 0.15) is 5.72 Å². The maximum Gasteiger partial charge on any atom is 0.119 e. The number of ether oxygens (including phenoxy) is 2. The first kappa shape index (κ1) is 11.2. The molecule has 0 radical (unpaired) electrons. The molecule has 3 nitrogen and oxygen atoms in total. The van der Waals surface area contributed by atoms with Crippen LogP contribution < -0.4 is 5.32 Å². The smallest absolute Gasteiger partial charge is 0.119 e. The van der Waals surface area contributed by atoms with Gasteiger partial charge in [-0.15, -0.1) is 12.4 Å². The fourth-order valence-electron chi connectivity index (χ4n) is 2.01. The average Bonchev–Trinajstić information content (AvgIpc) is 2.62. The van der Waals surface area contributed by atoms with Gasteiger partial charge in [0.05, 0.1) is 12.7 Å². The summed E-state index contributed by atoms with van der Waals surface area (Å²) in [6.07, 6.45) is 3.81. The molecule has 2 saturated heterocycles. The first-order valence-corrected chi connectivity index (χ1v) is 4.79. The van der Waals surface area contributed by atoms with E-state index in [1.165, 1.54) is 12.8 Å². The Bertz CT molecular complexity index is 154. The Labute approximate surface area is 85.6 Å². The highest BCUT2D eigenvalue weighted by Gasteiger charge is 2.33. The highest BCUT2D eigenvalue weighted by molar-refractivity contribution is 5.85. The SMILES string of the molecule is CC1(CC2CCCO2)NCCO1.Cl. The van der Waals surface area contributed by atoms with E-state index in [1.54, 1.807) is 0 Å². The van der Waals surface area contributed by atoms with E-state index in [1.807, 2.05) is 0 Å². The third kappa shape index (κ3) is 2.81. The van der Waals surface area contributed by atoms with Gasteiger partial charge in [0.25, 0.3) is 0 Å². The van der Waals surface area contributed by atoms with Gasteiger partial charge in [-0.1, -0.05) is 0 Å². The zero-order valence-corrected chi connectivity index (χ0v) is 8.86. The van der Waals surface area contributed by atoms with Crippen LogP contribution in [0.4, 0.5) is 0 Å². The van der Waals surface area contributed by atoms with Crippen LogP contribution in [-0.4, -0.2) is 31.6 Å². The van der Waals surface area contributed by atoms with Crippen LogP contribution in [0.25, 0.3) is 0 Å². The van der Waals surface area contributed by atoms with Gasteiger partial charge in [-0.2, -0.15) is 0 Å². The number of hydrogen-bond donors (Lipinski definition) is 1. The highest BCUT2D eigenvalue weighted by atomic mass is 35.5. The zero-order chi connectivity index (χ0) is 8.44. The summed E-state index contributed by atoms with van der Waals surface area (Å²) in [6, 6.07) is 0. The van der Waals surface area contributed by atoms with E-state index < -0.39 is 0 Å². The molecule has 0 aromatic rings. The molecular formula is C9H18ClNO2. The van der Waals surface area contributed by atoms with Crippen LogP contribution >= 0.6 is 12.4 Å². The normalized spacial score (nSPS) is 39.0. The minimum atomic E-state index is -0.116. The van der Waals surface area contributed by atoms with E-state index in [4.69, 9.17) is 9.47 Å². The van der Waals surface area contributed by atoms with Gasteiger partial charge < -0.3 is 9.47 Å². The van der Waals surface area contributed by atoms with E-state index in [0.29, 0.717) is 6.10 Å². The maximum atomic E-state index is 5.61. The van der Waals surface area contributed by atoms with Crippen LogP contribution in [-0.2, 0) is 9.47 Å². The Balaban J connectivity index is 0.000000845. The molecule has 1 N–H and O–H groups in total. The van der Waals surface area contributed by atoms with E-state index in [2.05, 4.69) is 12.2 Å². The van der Waals surface area contributed by atoms with Crippen molar-refractivity contribution in [2.24, 2.45) is 0 Å². The molecule has 0 bridgehead atoms. The van der Waals surface area contributed by atoms with Crippen molar-refractivity contribution in [3.63, 3.8) is 0 Å². The lowest BCUT2D eigenvalue weighted by atomic mass is 10.1. The molecule has 4 heteroatoms. The summed E-state index contributed by atoms with van der Waals surface area (Å²) in [7, 11) is 0. The predicted octanol–water partition coefficient (Wildman–Crippen LogP) is 1.31. The number of rotatable bonds is 2. The summed E-state index contributed by atoms with van der Waals surface area (Å²) < 4.78 is 11.2. The monoisotopic (exact) mass is 207 g/mol. The summed E-state index contributed by atoms with van der Waals surface area (Å²) >= 11 is 0. The van der Waals surface area contributed by atoms with E-state index >= 15 is 0 Å². The molecule has 2 aliphatic rings. The zero-order valence-electron chi connectivity index (χ0n) is 8.04. The molecule has 13 heavy (non-hydrogen) atoms. The molecule has 2 heterocycles. The van der Waals surface area contributed by atoms with E-state index in [9.17, 15) is 0 Å². The van der Waals surface area contributed by atoms with Crippen LogP contribution in [0.2, 0.25) is 0 Å². The van der Waals surface area contributed by atoms with Crippen LogP contribution in [0.5, 0.6) is 0 Å². The van der Waals surface area contributed by atoms with Crippen molar-refractivity contribution in [2.45, 2.75) is 38.0 Å². The second-order valence-corrected chi connectivity index (χ2v) is 3.85. The topological polar surface area (TPSA) is 30.5 Å². The van der Waals surface area contributed by atoms with Crippen molar-refractivity contribution < 1.29 is 9.47 Å². The standard InChI is InChI=1S/C9H17NO2.ClH/c1-9(10-4-6-12-9)7-8-3-2-5-11-8;/h8,10H,2-7H2,1H3;1H. The predicted molar refractivity (Wildman–Crippen MR) is 53.2 cm³/mol. The van der Waals surface area contributed by atoms with Crippen molar-refractivity contribution in [3.8, 4) is 0 Å². The molecule has 2 fully saturated rings. The van der Waals surface area contributed by atoms with Gasteiger partial charge in [-0.3, -0.25) is 5.32 Å². The van der Waals surface area contributed by atoms with Crippen molar-refractivity contribution in [2.75, 3.05) is 19.8 Å². The first-order chi connectivity index (χ1) is 5.79. The van der Waals surface area contributed by atoms with Crippen LogP contribution in [0.1, 0.15) is 26.2 Å². The minimum absolute atomic E-state index is 0. The van der Waals surface area contributed by atoms with Crippen molar-refractivity contribution >= 4 is 12.4 Å². The molecule has 78 valence electrons. The van der Waals surface area contributed by atoms with Crippen molar-refractivity contribution in [1.29, 1.82) is 0 Å². The molecule has 0 aromatic heterocycles. The molecule has 0 saturated carbocycles. The third-order valence-electron chi connectivity index (χ3n) is 2.66. The molecule has 2 aliphatic heterocycles. The fourth-order valence-corrected chi connectivity index (χ4v) is 2.01. The lowest BCUT2D eigenvalue weighted by Gasteiger charge is -2.26. The summed E-state index contributed by atoms with van der Waals surface area (Å²) in [5.74, 6) is 0. The second kappa shape index (κ2) is 4.60. The summed E-state index contributed by atoms with van der Waals surface area (Å²) in [4.78, 5) is 0. The molecule has 0 aromatic carbocycles. The molecule has 0 amide bonds. The van der Waals surface area contributed by atoms with E-state index in [-0.39, 0.29) is 18.1 Å².